The number of nitrogens with two attached hydrogens (primary N) is 1. The highest BCUT2D eigenvalue weighted by atomic mass is 19.1. The molecule has 1 aromatic carbocycles. The zero-order chi connectivity index (χ0) is 26.7. The summed E-state index contributed by atoms with van der Waals surface area (Å²) in [5, 5.41) is 6.27. The second-order valence-electron chi connectivity index (χ2n) is 9.90. The molecule has 0 spiro atoms. The number of hydrogen-bond donors (Lipinski definition) is 2. The van der Waals surface area contributed by atoms with E-state index >= 15 is 0 Å². The molecule has 3 N–H and O–H groups in total. The molecule has 0 bridgehead atoms. The van der Waals surface area contributed by atoms with Gasteiger partial charge in [-0.25, -0.2) is 13.8 Å². The van der Waals surface area contributed by atoms with Crippen LogP contribution >= 0.6 is 0 Å². The van der Waals surface area contributed by atoms with Crippen molar-refractivity contribution in [1.82, 2.24) is 9.97 Å². The first-order valence-corrected chi connectivity index (χ1v) is 11.7. The third-order valence-electron chi connectivity index (χ3n) is 6.49. The van der Waals surface area contributed by atoms with Gasteiger partial charge in [-0.3, -0.25) is 9.78 Å². The van der Waals surface area contributed by atoms with Crippen LogP contribution in [0, 0.1) is 17.0 Å². The van der Waals surface area contributed by atoms with Crippen LogP contribution in [-0.2, 0) is 0 Å². The van der Waals surface area contributed by atoms with E-state index in [1.807, 2.05) is 6.07 Å². The third kappa shape index (κ3) is 5.68. The van der Waals surface area contributed by atoms with Gasteiger partial charge in [-0.1, -0.05) is 19.0 Å². The molecule has 0 aliphatic heterocycles. The maximum absolute atomic E-state index is 14.9. The lowest BCUT2D eigenvalue weighted by Crippen LogP contribution is -2.36. The Morgan fingerprint density at radius 1 is 1.24 bits per heavy atom. The number of halogens is 2. The zero-order valence-corrected chi connectivity index (χ0v) is 20.7. The average molecular weight is 508 g/mol. The van der Waals surface area contributed by atoms with Gasteiger partial charge in [0.2, 0.25) is 0 Å². The van der Waals surface area contributed by atoms with Gasteiger partial charge < -0.3 is 15.8 Å². The van der Waals surface area contributed by atoms with E-state index in [1.54, 1.807) is 12.4 Å². The fourth-order valence-corrected chi connectivity index (χ4v) is 5.07. The number of aromatic nitrogens is 2. The van der Waals surface area contributed by atoms with Gasteiger partial charge in [0.05, 0.1) is 24.7 Å². The molecule has 2 heterocycles. The second kappa shape index (κ2) is 10.5. The molecule has 0 radical (unpaired) electrons. The van der Waals surface area contributed by atoms with E-state index in [0.717, 1.165) is 37.0 Å². The summed E-state index contributed by atoms with van der Waals surface area (Å²) in [4.78, 5) is 24.1. The molecule has 1 amide bonds. The predicted octanol–water partition coefficient (Wildman–Crippen LogP) is 6.25. The van der Waals surface area contributed by atoms with Crippen LogP contribution in [-0.4, -0.2) is 29.0 Å². The van der Waals surface area contributed by atoms with Crippen molar-refractivity contribution in [1.29, 1.82) is 0 Å². The molecule has 2 aromatic heterocycles. The number of azide groups is 1. The summed E-state index contributed by atoms with van der Waals surface area (Å²) in [5.74, 6) is -2.25. The molecule has 1 saturated carbocycles. The first kappa shape index (κ1) is 26.0. The standard InChI is InChI=1S/C26H27F2N7O2/c1-26(2)11-14(8-15(29)12-26)17-6-7-31-13-22(17)33-25(36)20-5-4-18(27)24(32-20)23-19(28)9-16(37-3)10-21(23)34-35-30/h4-7,9-10,13-15H,8,11-12,29H2,1-3H3,(H,33,36)/t14-,15+/m0/s1. The number of nitrogens with one attached hydrogen (secondary N) is 1. The van der Waals surface area contributed by atoms with Gasteiger partial charge in [-0.05, 0) is 66.0 Å². The number of amides is 1. The summed E-state index contributed by atoms with van der Waals surface area (Å²) in [5.41, 5.74) is 15.4. The number of carbonyl (C=O) groups is 1. The van der Waals surface area contributed by atoms with Crippen molar-refractivity contribution in [2.24, 2.45) is 16.3 Å². The zero-order valence-electron chi connectivity index (χ0n) is 20.7. The molecular weight excluding hydrogens is 480 g/mol. The molecule has 0 saturated heterocycles. The fraction of sp³-hybridized carbons (Fsp3) is 0.346. The summed E-state index contributed by atoms with van der Waals surface area (Å²) in [6, 6.07) is 6.36. The monoisotopic (exact) mass is 507 g/mol. The minimum Gasteiger partial charge on any atom is -0.497 e. The number of carbonyl (C=O) groups excluding carboxylic acids is 1. The van der Waals surface area contributed by atoms with Crippen LogP contribution in [0.4, 0.5) is 20.2 Å². The van der Waals surface area contributed by atoms with Crippen LogP contribution in [0.3, 0.4) is 0 Å². The van der Waals surface area contributed by atoms with Crippen molar-refractivity contribution in [2.75, 3.05) is 12.4 Å². The maximum atomic E-state index is 14.9. The first-order chi connectivity index (χ1) is 17.6. The Bertz CT molecular complexity index is 1390. The fourth-order valence-electron chi connectivity index (χ4n) is 5.07. The summed E-state index contributed by atoms with van der Waals surface area (Å²) in [7, 11) is 1.31. The van der Waals surface area contributed by atoms with Crippen LogP contribution in [0.25, 0.3) is 21.7 Å². The second-order valence-corrected chi connectivity index (χ2v) is 9.90. The van der Waals surface area contributed by atoms with Crippen LogP contribution in [0.2, 0.25) is 0 Å². The molecule has 3 aromatic rings. The lowest BCUT2D eigenvalue weighted by molar-refractivity contribution is 0.102. The molecule has 37 heavy (non-hydrogen) atoms. The van der Waals surface area contributed by atoms with E-state index in [9.17, 15) is 13.6 Å². The number of hydrogen-bond acceptors (Lipinski definition) is 6. The van der Waals surface area contributed by atoms with E-state index in [2.05, 4.69) is 39.2 Å². The largest absolute Gasteiger partial charge is 0.497 e. The summed E-state index contributed by atoms with van der Waals surface area (Å²) in [6.45, 7) is 4.34. The average Bonchev–Trinajstić information content (AvgIpc) is 2.83. The molecule has 1 fully saturated rings. The number of nitrogens with zero attached hydrogens (tertiary/aromatic N) is 5. The normalized spacial score (nSPS) is 18.5. The molecular formula is C26H27F2N7O2. The number of methoxy groups -OCH3 is 1. The minimum atomic E-state index is -0.920. The number of pyridine rings is 2. The lowest BCUT2D eigenvalue weighted by Gasteiger charge is -2.39. The third-order valence-corrected chi connectivity index (χ3v) is 6.49. The summed E-state index contributed by atoms with van der Waals surface area (Å²) in [6.07, 6.45) is 5.79. The molecule has 0 unspecified atom stereocenters. The van der Waals surface area contributed by atoms with Gasteiger partial charge in [0, 0.05) is 28.8 Å². The van der Waals surface area contributed by atoms with E-state index in [0.29, 0.717) is 5.69 Å². The summed E-state index contributed by atoms with van der Waals surface area (Å²) >= 11 is 0. The van der Waals surface area contributed by atoms with E-state index in [1.165, 1.54) is 19.2 Å². The van der Waals surface area contributed by atoms with Crippen LogP contribution in [0.5, 0.6) is 5.75 Å². The number of ether oxygens (including phenoxy) is 1. The van der Waals surface area contributed by atoms with Crippen LogP contribution in [0.1, 0.15) is 55.1 Å². The Morgan fingerprint density at radius 3 is 2.73 bits per heavy atom. The van der Waals surface area contributed by atoms with Crippen molar-refractivity contribution < 1.29 is 18.3 Å². The molecule has 11 heteroatoms. The number of rotatable bonds is 6. The SMILES string of the molecule is COc1cc(F)c(-c2nc(C(=O)Nc3cnccc3[C@H]3C[C@@H](N)CC(C)(C)C3)ccc2F)c(N=[N+]=[N-])c1. The highest BCUT2D eigenvalue weighted by Gasteiger charge is 2.34. The van der Waals surface area contributed by atoms with Gasteiger partial charge in [-0.2, -0.15) is 0 Å². The van der Waals surface area contributed by atoms with Crippen molar-refractivity contribution in [2.45, 2.75) is 45.1 Å². The van der Waals surface area contributed by atoms with Crippen molar-refractivity contribution in [3.05, 3.63) is 76.1 Å². The minimum absolute atomic E-state index is 0.0384. The number of anilines is 1. The lowest BCUT2D eigenvalue weighted by atomic mass is 9.68. The topological polar surface area (TPSA) is 139 Å². The van der Waals surface area contributed by atoms with Gasteiger partial charge in [-0.15, -0.1) is 0 Å². The van der Waals surface area contributed by atoms with E-state index in [4.69, 9.17) is 16.0 Å². The molecule has 2 atom stereocenters. The quantitative estimate of drug-likeness (QED) is 0.231. The Balaban J connectivity index is 1.69. The van der Waals surface area contributed by atoms with Crippen molar-refractivity contribution in [3.8, 4) is 17.0 Å². The number of benzene rings is 1. The van der Waals surface area contributed by atoms with Gasteiger partial charge in [0.1, 0.15) is 28.8 Å². The molecule has 192 valence electrons. The van der Waals surface area contributed by atoms with Crippen LogP contribution in [0.15, 0.2) is 47.8 Å². The molecule has 4 rings (SSSR count). The highest BCUT2D eigenvalue weighted by Crippen LogP contribution is 2.44. The van der Waals surface area contributed by atoms with Gasteiger partial charge in [0.15, 0.2) is 0 Å². The van der Waals surface area contributed by atoms with Crippen molar-refractivity contribution in [3.63, 3.8) is 0 Å². The predicted molar refractivity (Wildman–Crippen MR) is 135 cm³/mol. The molecule has 1 aliphatic carbocycles. The van der Waals surface area contributed by atoms with Crippen LogP contribution < -0.4 is 15.8 Å². The first-order valence-electron chi connectivity index (χ1n) is 11.7. The molecule has 9 nitrogen and oxygen atoms in total. The van der Waals surface area contributed by atoms with E-state index < -0.39 is 23.2 Å². The Labute approximate surface area is 212 Å². The Morgan fingerprint density at radius 2 is 2.03 bits per heavy atom. The maximum Gasteiger partial charge on any atom is 0.274 e. The Hall–Kier alpha value is -4.08. The highest BCUT2D eigenvalue weighted by molar-refractivity contribution is 6.03. The summed E-state index contributed by atoms with van der Waals surface area (Å²) < 4.78 is 34.7. The molecule has 1 aliphatic rings. The Kier molecular flexibility index (Phi) is 7.37. The smallest absolute Gasteiger partial charge is 0.274 e. The van der Waals surface area contributed by atoms with Crippen molar-refractivity contribution >= 4 is 17.3 Å². The van der Waals surface area contributed by atoms with Gasteiger partial charge in [0.25, 0.3) is 5.91 Å². The van der Waals surface area contributed by atoms with E-state index in [-0.39, 0.29) is 40.1 Å². The van der Waals surface area contributed by atoms with Gasteiger partial charge >= 0.3 is 0 Å².